The average Bonchev–Trinajstić information content (AvgIpc) is 0.722. The van der Waals surface area contributed by atoms with Crippen molar-refractivity contribution in [2.24, 2.45) is 0 Å². The normalized spacial score (nSPS) is 6.44. The molecular formula is CH9Na3O4S. The van der Waals surface area contributed by atoms with Crippen molar-refractivity contribution in [3.8, 4) is 0 Å². The van der Waals surface area contributed by atoms with Gasteiger partial charge in [0.15, 0.2) is 0 Å². The van der Waals surface area contributed by atoms with Crippen LogP contribution in [-0.4, -0.2) is 17.5 Å². The maximum atomic E-state index is 8.74. The zero-order chi connectivity index (χ0) is 4.50. The van der Waals surface area contributed by atoms with Gasteiger partial charge in [0.2, 0.25) is 0 Å². The molecule has 0 amide bonds. The quantitative estimate of drug-likeness (QED) is 0.291. The molecule has 46 valence electrons. The molecule has 0 fully saturated rings. The molecule has 0 heterocycles. The minimum absolute atomic E-state index is 0. The summed E-state index contributed by atoms with van der Waals surface area (Å²) < 4.78 is 31.6. The third-order valence-corrected chi connectivity index (χ3v) is 0. The summed E-state index contributed by atoms with van der Waals surface area (Å²) in [7, 11) is -4.67. The summed E-state index contributed by atoms with van der Waals surface area (Å²) in [5.74, 6) is 0. The Morgan fingerprint density at radius 1 is 1.00 bits per heavy atom. The maximum Gasteiger partial charge on any atom is 1.00 e. The first-order valence-corrected chi connectivity index (χ1v) is 2.10. The number of hydrogen-bond donors (Lipinski definition) is 2. The van der Waals surface area contributed by atoms with Crippen molar-refractivity contribution in [2.75, 3.05) is 0 Å². The zero-order valence-electron chi connectivity index (χ0n) is 8.12. The summed E-state index contributed by atoms with van der Waals surface area (Å²) >= 11 is 0. The zero-order valence-corrected chi connectivity index (χ0v) is 11.9. The molecule has 0 aromatic heterocycles. The van der Waals surface area contributed by atoms with Gasteiger partial charge in [-0.15, -0.1) is 0 Å². The molecule has 0 rings (SSSR count). The monoisotopic (exact) mass is 186 g/mol. The van der Waals surface area contributed by atoms with E-state index in [4.69, 9.17) is 17.5 Å². The fourth-order valence-electron chi connectivity index (χ4n) is 0. The van der Waals surface area contributed by atoms with Crippen LogP contribution in [0.5, 0.6) is 0 Å². The van der Waals surface area contributed by atoms with Crippen LogP contribution in [0.2, 0.25) is 0 Å². The van der Waals surface area contributed by atoms with Crippen molar-refractivity contribution < 1.29 is 110 Å². The van der Waals surface area contributed by atoms with Crippen LogP contribution in [0.4, 0.5) is 0 Å². The Kier molecular flexibility index (Phi) is 44.4. The van der Waals surface area contributed by atoms with Crippen LogP contribution in [0, 0.1) is 0 Å². The summed E-state index contributed by atoms with van der Waals surface area (Å²) in [6.45, 7) is 0. The van der Waals surface area contributed by atoms with Crippen LogP contribution < -0.4 is 88.7 Å². The maximum absolute atomic E-state index is 8.74. The van der Waals surface area contributed by atoms with Gasteiger partial charge in [0.05, 0.1) is 0 Å². The Bertz CT molecular complexity index is 109. The van der Waals surface area contributed by atoms with Crippen LogP contribution in [0.1, 0.15) is 11.7 Å². The average molecular weight is 186 g/mol. The van der Waals surface area contributed by atoms with Crippen LogP contribution in [0.25, 0.3) is 0 Å². The van der Waals surface area contributed by atoms with Gasteiger partial charge in [-0.1, -0.05) is 7.43 Å². The minimum atomic E-state index is -4.67. The van der Waals surface area contributed by atoms with E-state index in [-0.39, 0.29) is 100 Å². The molecule has 0 aliphatic heterocycles. The standard InChI is InChI=1S/CH4.3Na.H2O4S.3H/c;;;;1-5(2,3)4;;;/h1H4;;;;(H2,1,2,3,4);;;/q;3*+1;;3*-1. The molecule has 9 heavy (non-hydrogen) atoms. The van der Waals surface area contributed by atoms with Crippen LogP contribution in [-0.2, 0) is 10.4 Å². The van der Waals surface area contributed by atoms with E-state index < -0.39 is 10.4 Å². The first kappa shape index (κ1) is 29.7. The van der Waals surface area contributed by atoms with Gasteiger partial charge < -0.3 is 4.28 Å². The van der Waals surface area contributed by atoms with Gasteiger partial charge in [-0.2, -0.15) is 8.42 Å². The van der Waals surface area contributed by atoms with Gasteiger partial charge in [0, 0.05) is 0 Å². The topological polar surface area (TPSA) is 74.6 Å². The first-order chi connectivity index (χ1) is 2.00. The third kappa shape index (κ3) is 104. The molecule has 0 aliphatic rings. The molecule has 0 saturated carbocycles. The van der Waals surface area contributed by atoms with E-state index in [0.717, 1.165) is 0 Å². The fourth-order valence-corrected chi connectivity index (χ4v) is 0. The van der Waals surface area contributed by atoms with E-state index in [1.165, 1.54) is 0 Å². The Hall–Kier alpha value is 2.87. The Morgan fingerprint density at radius 3 is 1.00 bits per heavy atom. The van der Waals surface area contributed by atoms with E-state index >= 15 is 0 Å². The molecule has 8 heteroatoms. The molecule has 0 aromatic carbocycles. The van der Waals surface area contributed by atoms with Crippen LogP contribution >= 0.6 is 0 Å². The smallest absolute Gasteiger partial charge is 1.00 e. The fraction of sp³-hybridized carbons (Fsp3) is 1.00. The second-order valence-electron chi connectivity index (χ2n) is 0.448. The van der Waals surface area contributed by atoms with Crippen molar-refractivity contribution in [1.29, 1.82) is 0 Å². The molecule has 0 atom stereocenters. The summed E-state index contributed by atoms with van der Waals surface area (Å²) in [5.41, 5.74) is 0. The molecule has 0 unspecified atom stereocenters. The van der Waals surface area contributed by atoms with Gasteiger partial charge >= 0.3 is 99.1 Å². The van der Waals surface area contributed by atoms with E-state index in [1.54, 1.807) is 0 Å². The van der Waals surface area contributed by atoms with E-state index in [1.807, 2.05) is 0 Å². The van der Waals surface area contributed by atoms with Crippen molar-refractivity contribution >= 4 is 10.4 Å². The molecular weight excluding hydrogens is 177 g/mol. The number of hydrogen-bond acceptors (Lipinski definition) is 2. The van der Waals surface area contributed by atoms with Crippen molar-refractivity contribution in [2.45, 2.75) is 7.43 Å². The van der Waals surface area contributed by atoms with E-state index in [0.29, 0.717) is 0 Å². The van der Waals surface area contributed by atoms with Crippen molar-refractivity contribution in [3.63, 3.8) is 0 Å². The first-order valence-electron chi connectivity index (χ1n) is 0.698. The van der Waals surface area contributed by atoms with E-state index in [9.17, 15) is 0 Å². The van der Waals surface area contributed by atoms with Gasteiger partial charge in [0.25, 0.3) is 0 Å². The van der Waals surface area contributed by atoms with Crippen molar-refractivity contribution in [1.82, 2.24) is 0 Å². The van der Waals surface area contributed by atoms with Gasteiger partial charge in [-0.3, -0.25) is 9.11 Å². The van der Waals surface area contributed by atoms with Crippen LogP contribution in [0.15, 0.2) is 0 Å². The van der Waals surface area contributed by atoms with Gasteiger partial charge in [0.1, 0.15) is 0 Å². The Labute approximate surface area is 126 Å². The second-order valence-corrected chi connectivity index (χ2v) is 1.34. The Morgan fingerprint density at radius 2 is 1.00 bits per heavy atom. The predicted molar refractivity (Wildman–Crippen MR) is 24.2 cm³/mol. The molecule has 0 aliphatic carbocycles. The Balaban J connectivity index is -0.00000000381. The minimum Gasteiger partial charge on any atom is -1.00 e. The summed E-state index contributed by atoms with van der Waals surface area (Å²) in [6, 6.07) is 0. The molecule has 0 radical (unpaired) electrons. The predicted octanol–water partition coefficient (Wildman–Crippen LogP) is -8.67. The van der Waals surface area contributed by atoms with Gasteiger partial charge in [-0.05, 0) is 0 Å². The largest absolute Gasteiger partial charge is 1.00 e. The van der Waals surface area contributed by atoms with E-state index in [2.05, 4.69) is 0 Å². The number of rotatable bonds is 0. The molecule has 0 spiro atoms. The summed E-state index contributed by atoms with van der Waals surface area (Å²) in [4.78, 5) is 0. The third-order valence-electron chi connectivity index (χ3n) is 0. The molecule has 0 saturated heterocycles. The second kappa shape index (κ2) is 13.5. The molecule has 2 N–H and O–H groups in total. The van der Waals surface area contributed by atoms with Crippen LogP contribution in [0.3, 0.4) is 0 Å². The molecule has 0 bridgehead atoms. The molecule has 0 aromatic rings. The SMILES string of the molecule is C.O=S(=O)(O)O.[H-].[H-].[H-].[Na+].[Na+].[Na+]. The van der Waals surface area contributed by atoms with Crippen molar-refractivity contribution in [3.05, 3.63) is 0 Å². The van der Waals surface area contributed by atoms with Gasteiger partial charge in [-0.25, -0.2) is 0 Å². The summed E-state index contributed by atoms with van der Waals surface area (Å²) in [6.07, 6.45) is 0. The summed E-state index contributed by atoms with van der Waals surface area (Å²) in [5, 5.41) is 0. The molecule has 4 nitrogen and oxygen atoms in total.